The molecule has 0 amide bonds. The zero-order chi connectivity index (χ0) is 16.4. The molecule has 0 aromatic heterocycles. The molecule has 1 unspecified atom stereocenters. The molecule has 3 nitrogen and oxygen atoms in total. The van der Waals surface area contributed by atoms with Crippen LogP contribution in [0.3, 0.4) is 0 Å². The van der Waals surface area contributed by atoms with Crippen LogP contribution in [0, 0.1) is 29.6 Å². The molecular weight excluding hydrogens is 284 g/mol. The van der Waals surface area contributed by atoms with Gasteiger partial charge in [-0.25, -0.2) is 0 Å². The smallest absolute Gasteiger partial charge is 0.133 e. The van der Waals surface area contributed by atoms with Crippen molar-refractivity contribution in [1.29, 1.82) is 5.26 Å². The third kappa shape index (κ3) is 3.27. The molecule has 1 aromatic rings. The van der Waals surface area contributed by atoms with Crippen LogP contribution in [0.2, 0.25) is 0 Å². The zero-order valence-electron chi connectivity index (χ0n) is 14.3. The number of Topliss-reactive ketones (excluding diaryl/α,β-unsaturated/α-hetero) is 1. The van der Waals surface area contributed by atoms with Crippen molar-refractivity contribution in [2.24, 2.45) is 11.3 Å². The maximum Gasteiger partial charge on any atom is 0.133 e. The Morgan fingerprint density at radius 3 is 2.78 bits per heavy atom. The lowest BCUT2D eigenvalue weighted by Crippen LogP contribution is -2.38. The maximum atomic E-state index is 12.0. The summed E-state index contributed by atoms with van der Waals surface area (Å²) in [6, 6.07) is 8.18. The van der Waals surface area contributed by atoms with E-state index in [2.05, 4.69) is 24.8 Å². The minimum atomic E-state index is 0.437. The van der Waals surface area contributed by atoms with Gasteiger partial charge in [0.2, 0.25) is 0 Å². The van der Waals surface area contributed by atoms with E-state index < -0.39 is 0 Å². The number of nitriles is 1. The van der Waals surface area contributed by atoms with Crippen molar-refractivity contribution in [2.45, 2.75) is 52.4 Å². The van der Waals surface area contributed by atoms with Crippen molar-refractivity contribution >= 4 is 11.5 Å². The Morgan fingerprint density at radius 1 is 1.35 bits per heavy atom. The van der Waals surface area contributed by atoms with Gasteiger partial charge in [-0.2, -0.15) is 5.26 Å². The number of aryl methyl sites for hydroxylation is 1. The van der Waals surface area contributed by atoms with Gasteiger partial charge in [-0.3, -0.25) is 4.79 Å². The van der Waals surface area contributed by atoms with E-state index in [-0.39, 0.29) is 0 Å². The van der Waals surface area contributed by atoms with Gasteiger partial charge < -0.3 is 4.90 Å². The van der Waals surface area contributed by atoms with E-state index in [1.807, 2.05) is 18.2 Å². The van der Waals surface area contributed by atoms with Gasteiger partial charge in [0.15, 0.2) is 0 Å². The predicted octanol–water partition coefficient (Wildman–Crippen LogP) is 4.23. The molecule has 0 saturated heterocycles. The molecule has 2 aliphatic carbocycles. The van der Waals surface area contributed by atoms with Crippen molar-refractivity contribution in [3.8, 4) is 6.07 Å². The van der Waals surface area contributed by atoms with Crippen LogP contribution in [-0.2, 0) is 4.79 Å². The van der Waals surface area contributed by atoms with Gasteiger partial charge in [0.25, 0.3) is 0 Å². The molecule has 0 heterocycles. The number of nitrogens with zero attached hydrogens (tertiary/aromatic N) is 2. The fraction of sp³-hybridized carbons (Fsp3) is 0.600. The molecule has 2 fully saturated rings. The van der Waals surface area contributed by atoms with Crippen LogP contribution in [0.5, 0.6) is 0 Å². The average Bonchev–Trinajstić information content (AvgIpc) is 3.32. The second-order valence-corrected chi connectivity index (χ2v) is 7.36. The summed E-state index contributed by atoms with van der Waals surface area (Å²) in [5.41, 5.74) is 3.54. The van der Waals surface area contributed by atoms with E-state index >= 15 is 0 Å². The number of hydrogen-bond acceptors (Lipinski definition) is 3. The fourth-order valence-corrected chi connectivity index (χ4v) is 4.13. The van der Waals surface area contributed by atoms with E-state index in [9.17, 15) is 10.1 Å². The molecule has 1 aromatic carbocycles. The highest BCUT2D eigenvalue weighted by molar-refractivity contribution is 5.80. The second-order valence-electron chi connectivity index (χ2n) is 7.36. The Bertz CT molecular complexity index is 640. The van der Waals surface area contributed by atoms with E-state index in [4.69, 9.17) is 0 Å². The summed E-state index contributed by atoms with van der Waals surface area (Å²) in [4.78, 5) is 14.4. The molecule has 0 bridgehead atoms. The Labute approximate surface area is 139 Å². The monoisotopic (exact) mass is 310 g/mol. The van der Waals surface area contributed by atoms with Crippen LogP contribution in [0.15, 0.2) is 18.2 Å². The number of carbonyl (C=O) groups excluding carboxylic acids is 1. The van der Waals surface area contributed by atoms with Gasteiger partial charge >= 0.3 is 0 Å². The lowest BCUT2D eigenvalue weighted by atomic mass is 9.75. The van der Waals surface area contributed by atoms with E-state index in [0.29, 0.717) is 22.7 Å². The SMILES string of the molecule is CCCN(CC1CC(=O)CCC12CC2)c1cc(C#N)ccc1C. The number of anilines is 1. The summed E-state index contributed by atoms with van der Waals surface area (Å²) >= 11 is 0. The molecular formula is C20H26N2O. The standard InChI is InChI=1S/C20H26N2O/c1-3-10-22(19-11-16(13-21)5-4-15(19)2)14-17-12-18(23)6-7-20(17)8-9-20/h4-5,11,17H,3,6-10,12,14H2,1-2H3. The average molecular weight is 310 g/mol. The van der Waals surface area contributed by atoms with E-state index in [1.54, 1.807) is 0 Å². The molecule has 0 radical (unpaired) electrons. The summed E-state index contributed by atoms with van der Waals surface area (Å²) in [5, 5.41) is 9.20. The zero-order valence-corrected chi connectivity index (χ0v) is 14.3. The first-order valence-corrected chi connectivity index (χ1v) is 8.85. The molecule has 0 aliphatic heterocycles. The Morgan fingerprint density at radius 2 is 2.13 bits per heavy atom. The number of ketones is 1. The van der Waals surface area contributed by atoms with Crippen LogP contribution in [-0.4, -0.2) is 18.9 Å². The van der Waals surface area contributed by atoms with Crippen molar-refractivity contribution in [2.75, 3.05) is 18.0 Å². The van der Waals surface area contributed by atoms with E-state index in [1.165, 1.54) is 24.1 Å². The fourth-order valence-electron chi connectivity index (χ4n) is 4.13. The minimum absolute atomic E-state index is 0.437. The van der Waals surface area contributed by atoms with Crippen molar-refractivity contribution in [1.82, 2.24) is 0 Å². The van der Waals surface area contributed by atoms with Crippen LogP contribution in [0.4, 0.5) is 5.69 Å². The largest absolute Gasteiger partial charge is 0.371 e. The Kier molecular flexibility index (Phi) is 4.43. The quantitative estimate of drug-likeness (QED) is 0.817. The molecule has 2 saturated carbocycles. The van der Waals surface area contributed by atoms with Gasteiger partial charge in [-0.15, -0.1) is 0 Å². The highest BCUT2D eigenvalue weighted by Gasteiger charge is 2.51. The van der Waals surface area contributed by atoms with Crippen LogP contribution < -0.4 is 4.90 Å². The lowest BCUT2D eigenvalue weighted by molar-refractivity contribution is -0.123. The first-order chi connectivity index (χ1) is 11.1. The summed E-state index contributed by atoms with van der Waals surface area (Å²) in [5.74, 6) is 0.923. The molecule has 2 aliphatic rings. The van der Waals surface area contributed by atoms with Crippen LogP contribution in [0.25, 0.3) is 0 Å². The van der Waals surface area contributed by atoms with Crippen molar-refractivity contribution in [3.63, 3.8) is 0 Å². The first-order valence-electron chi connectivity index (χ1n) is 8.85. The number of carbonyl (C=O) groups is 1. The van der Waals surface area contributed by atoms with Gasteiger partial charge in [0.05, 0.1) is 11.6 Å². The summed E-state index contributed by atoms with van der Waals surface area (Å²) in [7, 11) is 0. The first kappa shape index (κ1) is 16.1. The van der Waals surface area contributed by atoms with E-state index in [0.717, 1.165) is 38.8 Å². The van der Waals surface area contributed by atoms with Gasteiger partial charge in [-0.1, -0.05) is 13.0 Å². The number of rotatable bonds is 5. The molecule has 1 spiro atoms. The molecule has 1 atom stereocenters. The molecule has 122 valence electrons. The van der Waals surface area contributed by atoms with Gasteiger partial charge in [0.1, 0.15) is 5.78 Å². The molecule has 0 N–H and O–H groups in total. The second kappa shape index (κ2) is 6.35. The highest BCUT2D eigenvalue weighted by Crippen LogP contribution is 2.59. The molecule has 23 heavy (non-hydrogen) atoms. The summed E-state index contributed by atoms with van der Waals surface area (Å²) < 4.78 is 0. The number of hydrogen-bond donors (Lipinski definition) is 0. The van der Waals surface area contributed by atoms with Crippen LogP contribution in [0.1, 0.15) is 56.6 Å². The number of benzene rings is 1. The third-order valence-corrected chi connectivity index (χ3v) is 5.75. The third-order valence-electron chi connectivity index (χ3n) is 5.75. The normalized spacial score (nSPS) is 22.0. The van der Waals surface area contributed by atoms with Crippen LogP contribution >= 0.6 is 0 Å². The lowest BCUT2D eigenvalue weighted by Gasteiger charge is -2.37. The molecule has 3 rings (SSSR count). The topological polar surface area (TPSA) is 44.1 Å². The summed E-state index contributed by atoms with van der Waals surface area (Å²) in [6.45, 7) is 6.24. The Hall–Kier alpha value is -1.82. The van der Waals surface area contributed by atoms with Gasteiger partial charge in [-0.05, 0) is 61.6 Å². The predicted molar refractivity (Wildman–Crippen MR) is 92.4 cm³/mol. The minimum Gasteiger partial charge on any atom is -0.371 e. The highest BCUT2D eigenvalue weighted by atomic mass is 16.1. The molecule has 3 heteroatoms. The summed E-state index contributed by atoms with van der Waals surface area (Å²) in [6.07, 6.45) is 6.28. The van der Waals surface area contributed by atoms with Gasteiger partial charge in [0, 0.05) is 31.6 Å². The van der Waals surface area contributed by atoms with Crippen molar-refractivity contribution in [3.05, 3.63) is 29.3 Å². The van der Waals surface area contributed by atoms with Crippen molar-refractivity contribution < 1.29 is 4.79 Å². The maximum absolute atomic E-state index is 12.0. The Balaban J connectivity index is 1.84.